The van der Waals surface area contributed by atoms with Gasteiger partial charge in [0, 0.05) is 4.88 Å². The van der Waals surface area contributed by atoms with Crippen LogP contribution >= 0.6 is 11.3 Å². The first-order valence-corrected chi connectivity index (χ1v) is 8.16. The van der Waals surface area contributed by atoms with Crippen LogP contribution in [0.2, 0.25) is 0 Å². The Morgan fingerprint density at radius 3 is 2.42 bits per heavy atom. The Balaban J connectivity index is 2.03. The third-order valence-electron chi connectivity index (χ3n) is 3.52. The molecule has 1 heterocycles. The zero-order valence-corrected chi connectivity index (χ0v) is 15.0. The lowest BCUT2D eigenvalue weighted by Crippen LogP contribution is -2.21. The maximum absolute atomic E-state index is 13.1. The molecule has 26 heavy (non-hydrogen) atoms. The molecule has 1 N–H and O–H groups in total. The first-order chi connectivity index (χ1) is 12.2. The number of esters is 2. The number of ether oxygens (including phenoxy) is 2. The molecule has 9 heteroatoms. The predicted octanol–water partition coefficient (Wildman–Crippen LogP) is 3.23. The van der Waals surface area contributed by atoms with Crippen molar-refractivity contribution in [2.75, 3.05) is 19.0 Å². The molecule has 2 aromatic rings. The summed E-state index contributed by atoms with van der Waals surface area (Å²) < 4.78 is 35.4. The highest BCUT2D eigenvalue weighted by molar-refractivity contribution is 7.16. The number of anilines is 1. The number of thiophene rings is 1. The van der Waals surface area contributed by atoms with Crippen molar-refractivity contribution in [1.82, 2.24) is 0 Å². The van der Waals surface area contributed by atoms with Gasteiger partial charge in [0.15, 0.2) is 18.2 Å². The molecule has 0 radical (unpaired) electrons. The third kappa shape index (κ3) is 4.23. The molecule has 1 aromatic carbocycles. The van der Waals surface area contributed by atoms with Gasteiger partial charge in [0.2, 0.25) is 0 Å². The lowest BCUT2D eigenvalue weighted by atomic mass is 10.1. The molecular weight excluding hydrogens is 368 g/mol. The highest BCUT2D eigenvalue weighted by atomic mass is 32.1. The molecule has 0 aliphatic carbocycles. The summed E-state index contributed by atoms with van der Waals surface area (Å²) in [5.41, 5.74) is 0.681. The Kier molecular flexibility index (Phi) is 6.04. The minimum absolute atomic E-state index is 0.227. The van der Waals surface area contributed by atoms with Gasteiger partial charge in [0.25, 0.3) is 5.91 Å². The number of rotatable bonds is 5. The normalized spacial score (nSPS) is 10.3. The van der Waals surface area contributed by atoms with Crippen LogP contribution in [-0.4, -0.2) is 31.6 Å². The lowest BCUT2D eigenvalue weighted by Gasteiger charge is -2.07. The molecule has 0 aliphatic heterocycles. The van der Waals surface area contributed by atoms with Gasteiger partial charge < -0.3 is 14.8 Å². The summed E-state index contributed by atoms with van der Waals surface area (Å²) in [6.45, 7) is 2.84. The lowest BCUT2D eigenvalue weighted by molar-refractivity contribution is -0.119. The van der Waals surface area contributed by atoms with E-state index in [-0.39, 0.29) is 16.1 Å². The van der Waals surface area contributed by atoms with E-state index in [2.05, 4.69) is 5.32 Å². The van der Waals surface area contributed by atoms with Gasteiger partial charge in [-0.15, -0.1) is 11.3 Å². The molecule has 0 saturated carbocycles. The molecular formula is C17H15F2NO5S. The Morgan fingerprint density at radius 2 is 1.81 bits per heavy atom. The number of nitrogens with one attached hydrogen (secondary N) is 1. The van der Waals surface area contributed by atoms with Gasteiger partial charge in [-0.1, -0.05) is 0 Å². The highest BCUT2D eigenvalue weighted by Gasteiger charge is 2.22. The second kappa shape index (κ2) is 8.05. The van der Waals surface area contributed by atoms with E-state index in [0.29, 0.717) is 11.6 Å². The largest absolute Gasteiger partial charge is 0.465 e. The predicted molar refractivity (Wildman–Crippen MR) is 90.4 cm³/mol. The minimum Gasteiger partial charge on any atom is -0.465 e. The number of aryl methyl sites for hydroxylation is 1. The molecule has 0 spiro atoms. The zero-order chi connectivity index (χ0) is 19.4. The monoisotopic (exact) mass is 383 g/mol. The average Bonchev–Trinajstić information content (AvgIpc) is 2.88. The van der Waals surface area contributed by atoms with Crippen LogP contribution in [0.1, 0.15) is 31.2 Å². The van der Waals surface area contributed by atoms with Crippen LogP contribution < -0.4 is 5.32 Å². The molecule has 6 nitrogen and oxygen atoms in total. The fourth-order valence-corrected chi connectivity index (χ4v) is 3.13. The summed E-state index contributed by atoms with van der Waals surface area (Å²) in [5, 5.41) is 2.76. The molecule has 2 rings (SSSR count). The van der Waals surface area contributed by atoms with Crippen molar-refractivity contribution in [3.63, 3.8) is 0 Å². The van der Waals surface area contributed by atoms with Crippen LogP contribution in [-0.2, 0) is 14.3 Å². The van der Waals surface area contributed by atoms with Crippen molar-refractivity contribution in [3.05, 3.63) is 51.4 Å². The van der Waals surface area contributed by atoms with Crippen molar-refractivity contribution in [3.8, 4) is 0 Å². The van der Waals surface area contributed by atoms with Gasteiger partial charge >= 0.3 is 11.9 Å². The molecule has 1 amide bonds. The standard InChI is InChI=1S/C17H15F2NO5S/c1-8-9(2)26-15(14(8)17(23)24-3)20-13(21)7-25-16(22)10-4-5-11(18)12(19)6-10/h4-6H,7H2,1-3H3,(H,20,21). The van der Waals surface area contributed by atoms with Gasteiger partial charge in [0.1, 0.15) is 5.00 Å². The van der Waals surface area contributed by atoms with Crippen LogP contribution in [0.4, 0.5) is 13.8 Å². The highest BCUT2D eigenvalue weighted by Crippen LogP contribution is 2.32. The van der Waals surface area contributed by atoms with Gasteiger partial charge in [-0.25, -0.2) is 18.4 Å². The fourth-order valence-electron chi connectivity index (χ4n) is 2.06. The first kappa shape index (κ1) is 19.5. The van der Waals surface area contributed by atoms with Gasteiger partial charge in [-0.05, 0) is 37.6 Å². The topological polar surface area (TPSA) is 81.7 Å². The molecule has 0 bridgehead atoms. The van der Waals surface area contributed by atoms with Gasteiger partial charge in [-0.3, -0.25) is 4.79 Å². The van der Waals surface area contributed by atoms with Crippen molar-refractivity contribution >= 4 is 34.2 Å². The average molecular weight is 383 g/mol. The van der Waals surface area contributed by atoms with Gasteiger partial charge in [0.05, 0.1) is 18.2 Å². The number of amides is 1. The number of hydrogen-bond acceptors (Lipinski definition) is 6. The summed E-state index contributed by atoms with van der Waals surface area (Å²) >= 11 is 1.18. The summed E-state index contributed by atoms with van der Waals surface area (Å²) in [4.78, 5) is 36.4. The first-order valence-electron chi connectivity index (χ1n) is 7.35. The van der Waals surface area contributed by atoms with E-state index in [0.717, 1.165) is 17.0 Å². The molecule has 0 fully saturated rings. The van der Waals surface area contributed by atoms with Crippen LogP contribution in [0.3, 0.4) is 0 Å². The van der Waals surface area contributed by atoms with E-state index in [4.69, 9.17) is 9.47 Å². The smallest absolute Gasteiger partial charge is 0.341 e. The summed E-state index contributed by atoms with van der Waals surface area (Å²) in [6.07, 6.45) is 0. The minimum atomic E-state index is -1.20. The molecule has 0 unspecified atom stereocenters. The number of hydrogen-bond donors (Lipinski definition) is 1. The number of benzene rings is 1. The van der Waals surface area contributed by atoms with Crippen LogP contribution in [0.15, 0.2) is 18.2 Å². The van der Waals surface area contributed by atoms with Crippen LogP contribution in [0.5, 0.6) is 0 Å². The van der Waals surface area contributed by atoms with E-state index < -0.39 is 36.1 Å². The quantitative estimate of drug-likeness (QED) is 0.802. The summed E-state index contributed by atoms with van der Waals surface area (Å²) in [6, 6.07) is 2.50. The van der Waals surface area contributed by atoms with E-state index >= 15 is 0 Å². The number of methoxy groups -OCH3 is 1. The molecule has 0 aliphatic rings. The maximum atomic E-state index is 13.1. The van der Waals surface area contributed by atoms with Gasteiger partial charge in [-0.2, -0.15) is 0 Å². The number of carbonyl (C=O) groups excluding carboxylic acids is 3. The second-order valence-corrected chi connectivity index (χ2v) is 6.46. The second-order valence-electron chi connectivity index (χ2n) is 5.23. The van der Waals surface area contributed by atoms with Crippen molar-refractivity contribution in [2.24, 2.45) is 0 Å². The Bertz CT molecular complexity index is 878. The number of carbonyl (C=O) groups is 3. The van der Waals surface area contributed by atoms with E-state index in [1.54, 1.807) is 13.8 Å². The Morgan fingerprint density at radius 1 is 1.12 bits per heavy atom. The Labute approximate surface area is 151 Å². The third-order valence-corrected chi connectivity index (χ3v) is 4.64. The summed E-state index contributed by atoms with van der Waals surface area (Å²) in [5.74, 6) is -4.56. The number of halogens is 2. The van der Waals surface area contributed by atoms with Crippen molar-refractivity contribution in [2.45, 2.75) is 13.8 Å². The molecule has 0 atom stereocenters. The van der Waals surface area contributed by atoms with Crippen LogP contribution in [0.25, 0.3) is 0 Å². The fraction of sp³-hybridized carbons (Fsp3) is 0.235. The summed E-state index contributed by atoms with van der Waals surface area (Å²) in [7, 11) is 1.23. The maximum Gasteiger partial charge on any atom is 0.341 e. The van der Waals surface area contributed by atoms with E-state index in [9.17, 15) is 23.2 Å². The van der Waals surface area contributed by atoms with Crippen molar-refractivity contribution in [1.29, 1.82) is 0 Å². The Hall–Kier alpha value is -2.81. The molecule has 1 aromatic heterocycles. The van der Waals surface area contributed by atoms with Crippen molar-refractivity contribution < 1.29 is 32.6 Å². The van der Waals surface area contributed by atoms with E-state index in [1.807, 2.05) is 0 Å². The molecule has 0 saturated heterocycles. The zero-order valence-electron chi connectivity index (χ0n) is 14.1. The SMILES string of the molecule is COC(=O)c1c(NC(=O)COC(=O)c2ccc(F)c(F)c2)sc(C)c1C. The van der Waals surface area contributed by atoms with E-state index in [1.165, 1.54) is 18.4 Å². The van der Waals surface area contributed by atoms with Crippen LogP contribution in [0, 0.1) is 25.5 Å². The molecule has 138 valence electrons.